The van der Waals surface area contributed by atoms with E-state index in [-0.39, 0.29) is 23.1 Å². The maximum atomic E-state index is 6.18. The van der Waals surface area contributed by atoms with Gasteiger partial charge in [-0.05, 0) is 54.8 Å². The Morgan fingerprint density at radius 3 is 2.42 bits per heavy atom. The lowest BCUT2D eigenvalue weighted by molar-refractivity contribution is 0.340. The van der Waals surface area contributed by atoms with Gasteiger partial charge in [0.2, 0.25) is 0 Å². The van der Waals surface area contributed by atoms with Crippen LogP contribution in [0.1, 0.15) is 18.1 Å². The smallest absolute Gasteiger partial charge is 0.316 e. The highest BCUT2D eigenvalue weighted by Gasteiger charge is 2.03. The molecule has 2 rings (SSSR count). The molecule has 2 aromatic rings. The summed E-state index contributed by atoms with van der Waals surface area (Å²) in [5, 5.41) is 0.798. The van der Waals surface area contributed by atoms with E-state index in [1.54, 1.807) is 0 Å². The number of ether oxygens (including phenoxy) is 1. The third kappa shape index (κ3) is 4.99. The van der Waals surface area contributed by atoms with Crippen LogP contribution in [0, 0.1) is 0 Å². The second-order valence-corrected chi connectivity index (χ2v) is 5.31. The number of hydrogen-bond acceptors (Lipinski definition) is 1. The first kappa shape index (κ1) is 16.8. The monoisotopic (exact) mass is 350 g/mol. The summed E-state index contributed by atoms with van der Waals surface area (Å²) in [4.78, 5) is 0. The fraction of sp³-hybridized carbons (Fsp3) is 0.200. The summed E-state index contributed by atoms with van der Waals surface area (Å²) in [6.07, 6.45) is 0.824. The van der Waals surface area contributed by atoms with Crippen molar-refractivity contribution >= 4 is 50.6 Å². The second kappa shape index (κ2) is 8.15. The Balaban J connectivity index is 0.00000180. The molecule has 19 heavy (non-hydrogen) atoms. The number of rotatable bonds is 4. The molecule has 4 heteroatoms. The molecule has 0 amide bonds. The van der Waals surface area contributed by atoms with Crippen LogP contribution in [0.4, 0.5) is 0 Å². The van der Waals surface area contributed by atoms with E-state index in [1.165, 1.54) is 5.56 Å². The number of halogens is 2. The van der Waals surface area contributed by atoms with Crippen LogP contribution < -0.4 is 4.74 Å². The van der Waals surface area contributed by atoms with Gasteiger partial charge in [-0.3, -0.25) is 0 Å². The number of benzene rings is 2. The molecule has 0 atom stereocenters. The van der Waals surface area contributed by atoms with Gasteiger partial charge in [-0.25, -0.2) is 0 Å². The Morgan fingerprint density at radius 2 is 1.79 bits per heavy atom. The van der Waals surface area contributed by atoms with E-state index in [9.17, 15) is 0 Å². The van der Waals surface area contributed by atoms with Crippen LogP contribution in [0.25, 0.3) is 0 Å². The van der Waals surface area contributed by atoms with E-state index >= 15 is 0 Å². The molecule has 0 saturated carbocycles. The van der Waals surface area contributed by atoms with Gasteiger partial charge in [0.1, 0.15) is 5.75 Å². The molecular weight excluding hydrogens is 336 g/mol. The Labute approximate surface area is 143 Å². The summed E-state index contributed by atoms with van der Waals surface area (Å²) in [6.45, 7) is 2.67. The van der Waals surface area contributed by atoms with E-state index in [4.69, 9.17) is 16.3 Å². The van der Waals surface area contributed by atoms with Crippen LogP contribution >= 0.6 is 27.5 Å². The lowest BCUT2D eigenvalue weighted by Crippen LogP contribution is -1.93. The first-order chi connectivity index (χ1) is 8.69. The third-order valence-electron chi connectivity index (χ3n) is 2.64. The summed E-state index contributed by atoms with van der Waals surface area (Å²) in [5.41, 5.74) is 2.34. The lowest BCUT2D eigenvalue weighted by atomic mass is 10.1. The molecule has 0 saturated heterocycles. The molecule has 0 aliphatic carbocycles. The van der Waals surface area contributed by atoms with Crippen LogP contribution in [0.5, 0.6) is 5.75 Å². The highest BCUT2D eigenvalue weighted by Crippen LogP contribution is 2.24. The van der Waals surface area contributed by atoms with Crippen LogP contribution in [0.3, 0.4) is 0 Å². The zero-order chi connectivity index (χ0) is 13.0. The van der Waals surface area contributed by atoms with Gasteiger partial charge in [0.25, 0.3) is 0 Å². The minimum absolute atomic E-state index is 0. The van der Waals surface area contributed by atoms with Gasteiger partial charge in [0.15, 0.2) is 0 Å². The van der Waals surface area contributed by atoms with E-state index in [0.29, 0.717) is 6.61 Å². The zero-order valence-corrected chi connectivity index (χ0v) is 12.5. The Bertz CT molecular complexity index is 528. The summed E-state index contributed by atoms with van der Waals surface area (Å²) in [5.74, 6) is 0.904. The van der Waals surface area contributed by atoms with Gasteiger partial charge in [0.05, 0.1) is 6.61 Å². The van der Waals surface area contributed by atoms with Crippen molar-refractivity contribution in [1.29, 1.82) is 0 Å². The van der Waals surface area contributed by atoms with E-state index in [0.717, 1.165) is 27.2 Å². The van der Waals surface area contributed by atoms with Gasteiger partial charge in [-0.2, -0.15) is 0 Å². The molecule has 0 aliphatic heterocycles. The molecule has 1 nitrogen and oxygen atoms in total. The van der Waals surface area contributed by atoms with Crippen LogP contribution in [-0.2, 0) is 6.42 Å². The molecule has 0 aliphatic rings. The first-order valence-electron chi connectivity index (χ1n) is 5.84. The van der Waals surface area contributed by atoms with E-state index < -0.39 is 0 Å². The van der Waals surface area contributed by atoms with Gasteiger partial charge in [0, 0.05) is 9.50 Å². The quantitative estimate of drug-likeness (QED) is 0.751. The molecule has 0 heterocycles. The van der Waals surface area contributed by atoms with Crippen molar-refractivity contribution in [1.82, 2.24) is 0 Å². The maximum absolute atomic E-state index is 6.18. The molecular formula is C15H16BrClMgO. The predicted molar refractivity (Wildman–Crippen MR) is 88.1 cm³/mol. The van der Waals surface area contributed by atoms with Gasteiger partial charge >= 0.3 is 23.1 Å². The summed E-state index contributed by atoms with van der Waals surface area (Å²) in [7, 11) is 0. The standard InChI is InChI=1S/C15H14BrClO.Mg.2H/c1-2-18-14-6-3-11(4-7-14)9-12-10-13(16)5-8-15(12)17;;;/h3-8,10H,2,9H2,1H3;;;. The molecule has 0 bridgehead atoms. The van der Waals surface area contributed by atoms with Crippen molar-refractivity contribution in [3.8, 4) is 5.75 Å². The van der Waals surface area contributed by atoms with Crippen molar-refractivity contribution in [3.63, 3.8) is 0 Å². The fourth-order valence-corrected chi connectivity index (χ4v) is 2.36. The first-order valence-corrected chi connectivity index (χ1v) is 7.02. The van der Waals surface area contributed by atoms with Crippen LogP contribution in [0.15, 0.2) is 46.9 Å². The minimum Gasteiger partial charge on any atom is -0.494 e. The molecule has 98 valence electrons. The largest absolute Gasteiger partial charge is 0.494 e. The molecule has 0 fully saturated rings. The normalized spacial score (nSPS) is 9.84. The average molecular weight is 352 g/mol. The maximum Gasteiger partial charge on any atom is 0.316 e. The molecule has 0 radical (unpaired) electrons. The molecule has 0 aromatic heterocycles. The molecule has 2 aromatic carbocycles. The highest BCUT2D eigenvalue weighted by atomic mass is 79.9. The summed E-state index contributed by atoms with van der Waals surface area (Å²) < 4.78 is 6.47. The van der Waals surface area contributed by atoms with Crippen molar-refractivity contribution in [2.45, 2.75) is 13.3 Å². The van der Waals surface area contributed by atoms with Gasteiger partial charge in [-0.15, -0.1) is 0 Å². The third-order valence-corrected chi connectivity index (χ3v) is 3.50. The molecule has 0 unspecified atom stereocenters. The van der Waals surface area contributed by atoms with Crippen molar-refractivity contribution in [2.75, 3.05) is 6.61 Å². The van der Waals surface area contributed by atoms with Gasteiger partial charge < -0.3 is 4.74 Å². The Kier molecular flexibility index (Phi) is 7.22. The Hall–Kier alpha value is -0.224. The number of hydrogen-bond donors (Lipinski definition) is 0. The zero-order valence-electron chi connectivity index (χ0n) is 10.1. The fourth-order valence-electron chi connectivity index (χ4n) is 1.77. The van der Waals surface area contributed by atoms with Crippen LogP contribution in [0.2, 0.25) is 5.02 Å². The predicted octanol–water partition coefficient (Wildman–Crippen LogP) is 4.18. The van der Waals surface area contributed by atoms with E-state index in [1.807, 2.05) is 31.2 Å². The van der Waals surface area contributed by atoms with E-state index in [2.05, 4.69) is 34.1 Å². The average Bonchev–Trinajstić information content (AvgIpc) is 2.37. The SMILES string of the molecule is CCOc1ccc(Cc2cc(Br)ccc2Cl)cc1.[MgH2]. The van der Waals surface area contributed by atoms with Gasteiger partial charge in [-0.1, -0.05) is 39.7 Å². The highest BCUT2D eigenvalue weighted by molar-refractivity contribution is 9.10. The lowest BCUT2D eigenvalue weighted by Gasteiger charge is -2.07. The minimum atomic E-state index is 0. The Morgan fingerprint density at radius 1 is 1.11 bits per heavy atom. The molecule has 0 spiro atoms. The summed E-state index contributed by atoms with van der Waals surface area (Å²) >= 11 is 9.64. The van der Waals surface area contributed by atoms with Crippen molar-refractivity contribution in [3.05, 3.63) is 63.1 Å². The van der Waals surface area contributed by atoms with Crippen molar-refractivity contribution < 1.29 is 4.74 Å². The van der Waals surface area contributed by atoms with Crippen molar-refractivity contribution in [2.24, 2.45) is 0 Å². The molecule has 0 N–H and O–H groups in total. The topological polar surface area (TPSA) is 9.23 Å². The second-order valence-electron chi connectivity index (χ2n) is 3.99. The summed E-state index contributed by atoms with van der Waals surface area (Å²) in [6, 6.07) is 14.0. The van der Waals surface area contributed by atoms with Crippen LogP contribution in [-0.4, -0.2) is 29.7 Å².